The van der Waals surface area contributed by atoms with Crippen LogP contribution in [0.25, 0.3) is 10.9 Å². The minimum absolute atomic E-state index is 0.102. The van der Waals surface area contributed by atoms with E-state index in [2.05, 4.69) is 15.3 Å². The Morgan fingerprint density at radius 3 is 2.62 bits per heavy atom. The first kappa shape index (κ1) is 21.4. The molecule has 0 fully saturated rings. The number of nitrogens with zero attached hydrogens (tertiary/aromatic N) is 3. The smallest absolute Gasteiger partial charge is 0.245 e. The zero-order valence-electron chi connectivity index (χ0n) is 16.8. The highest BCUT2D eigenvalue weighted by molar-refractivity contribution is 7.89. The first-order chi connectivity index (χ1) is 13.7. The normalized spacial score (nSPS) is 13.0. The van der Waals surface area contributed by atoms with Gasteiger partial charge in [0.25, 0.3) is 0 Å². The van der Waals surface area contributed by atoms with Crippen LogP contribution >= 0.6 is 11.3 Å². The molecule has 29 heavy (non-hydrogen) atoms. The predicted molar refractivity (Wildman–Crippen MR) is 116 cm³/mol. The van der Waals surface area contributed by atoms with Gasteiger partial charge in [-0.15, -0.1) is 11.3 Å². The quantitative estimate of drug-likeness (QED) is 0.614. The molecular weight excluding hydrogens is 408 g/mol. The lowest BCUT2D eigenvalue weighted by atomic mass is 10.2. The molecule has 154 valence electrons. The van der Waals surface area contributed by atoms with Crippen molar-refractivity contribution in [1.29, 1.82) is 0 Å². The number of carbonyl (C=O) groups excluding carboxylic acids is 1. The molecule has 0 aliphatic heterocycles. The number of amides is 1. The summed E-state index contributed by atoms with van der Waals surface area (Å²) in [6.45, 7) is 7.18. The number of para-hydroxylation sites is 1. The van der Waals surface area contributed by atoms with Gasteiger partial charge >= 0.3 is 0 Å². The number of benzene rings is 1. The average molecular weight is 433 g/mol. The topological polar surface area (TPSA) is 92.3 Å². The summed E-state index contributed by atoms with van der Waals surface area (Å²) in [5.74, 6) is -0.421. The summed E-state index contributed by atoms with van der Waals surface area (Å²) in [4.78, 5) is 22.3. The van der Waals surface area contributed by atoms with E-state index in [0.29, 0.717) is 17.1 Å². The molecule has 0 aliphatic carbocycles. The molecule has 0 radical (unpaired) electrons. The zero-order chi connectivity index (χ0) is 21.2. The molecule has 0 spiro atoms. The highest BCUT2D eigenvalue weighted by Gasteiger charge is 2.32. The number of aromatic nitrogens is 2. The second kappa shape index (κ2) is 8.56. The minimum Gasteiger partial charge on any atom is -0.301 e. The number of aryl methyl sites for hydroxylation is 2. The van der Waals surface area contributed by atoms with Crippen LogP contribution in [-0.4, -0.2) is 41.2 Å². The molecule has 1 aromatic carbocycles. The number of hydrogen-bond acceptors (Lipinski definition) is 6. The average Bonchev–Trinajstić information content (AvgIpc) is 3.01. The fourth-order valence-electron chi connectivity index (χ4n) is 2.92. The maximum absolute atomic E-state index is 13.5. The number of thiazole rings is 1. The standard InChI is InChI=1S/C20H24N4O3S2/c1-5-13(2)24(12-18(25)23-20-22-14(3)15(4)28-20)29(26,27)17-10-6-8-16-9-7-11-21-19(16)17/h6-11,13H,5,12H2,1-4H3,(H,22,23,25). The first-order valence-corrected chi connectivity index (χ1v) is 11.6. The van der Waals surface area contributed by atoms with Crippen molar-refractivity contribution in [2.45, 2.75) is 45.1 Å². The molecule has 9 heteroatoms. The van der Waals surface area contributed by atoms with Gasteiger partial charge in [0.1, 0.15) is 4.90 Å². The van der Waals surface area contributed by atoms with Crippen molar-refractivity contribution in [3.05, 3.63) is 47.1 Å². The van der Waals surface area contributed by atoms with Crippen LogP contribution in [0.15, 0.2) is 41.4 Å². The summed E-state index contributed by atoms with van der Waals surface area (Å²) in [7, 11) is -3.94. The van der Waals surface area contributed by atoms with Crippen molar-refractivity contribution < 1.29 is 13.2 Å². The van der Waals surface area contributed by atoms with E-state index in [-0.39, 0.29) is 17.5 Å². The van der Waals surface area contributed by atoms with Gasteiger partial charge in [-0.3, -0.25) is 9.78 Å². The zero-order valence-corrected chi connectivity index (χ0v) is 18.5. The van der Waals surface area contributed by atoms with E-state index in [9.17, 15) is 13.2 Å². The molecular formula is C20H24N4O3S2. The van der Waals surface area contributed by atoms with Crippen molar-refractivity contribution >= 4 is 43.3 Å². The molecule has 0 aliphatic rings. The molecule has 1 atom stereocenters. The van der Waals surface area contributed by atoms with Crippen molar-refractivity contribution in [2.75, 3.05) is 11.9 Å². The second-order valence-electron chi connectivity index (χ2n) is 6.85. The van der Waals surface area contributed by atoms with Crippen LogP contribution in [0.4, 0.5) is 5.13 Å². The Morgan fingerprint density at radius 2 is 1.97 bits per heavy atom. The summed E-state index contributed by atoms with van der Waals surface area (Å²) in [6.07, 6.45) is 2.13. The Hall–Kier alpha value is -2.36. The summed E-state index contributed by atoms with van der Waals surface area (Å²) in [6, 6.07) is 8.25. The van der Waals surface area contributed by atoms with E-state index in [1.807, 2.05) is 32.9 Å². The van der Waals surface area contributed by atoms with Crippen LogP contribution in [0.2, 0.25) is 0 Å². The molecule has 2 heterocycles. The number of anilines is 1. The van der Waals surface area contributed by atoms with Crippen LogP contribution in [0.5, 0.6) is 0 Å². The van der Waals surface area contributed by atoms with Crippen molar-refractivity contribution in [2.24, 2.45) is 0 Å². The number of nitrogens with one attached hydrogen (secondary N) is 1. The van der Waals surface area contributed by atoms with Gasteiger partial charge in [-0.05, 0) is 39.3 Å². The Balaban J connectivity index is 1.94. The monoisotopic (exact) mass is 432 g/mol. The van der Waals surface area contributed by atoms with Crippen molar-refractivity contribution in [1.82, 2.24) is 14.3 Å². The van der Waals surface area contributed by atoms with E-state index in [1.54, 1.807) is 25.3 Å². The lowest BCUT2D eigenvalue weighted by molar-refractivity contribution is -0.116. The molecule has 0 saturated heterocycles. The van der Waals surface area contributed by atoms with Gasteiger partial charge in [-0.25, -0.2) is 13.4 Å². The second-order valence-corrected chi connectivity index (χ2v) is 9.91. The van der Waals surface area contributed by atoms with Gasteiger partial charge in [0, 0.05) is 22.5 Å². The third kappa shape index (κ3) is 4.47. The van der Waals surface area contributed by atoms with Gasteiger partial charge in [-0.2, -0.15) is 4.31 Å². The van der Waals surface area contributed by atoms with E-state index >= 15 is 0 Å². The van der Waals surface area contributed by atoms with E-state index in [0.717, 1.165) is 16.0 Å². The maximum Gasteiger partial charge on any atom is 0.245 e. The van der Waals surface area contributed by atoms with Crippen molar-refractivity contribution in [3.63, 3.8) is 0 Å². The summed E-state index contributed by atoms with van der Waals surface area (Å²) in [5.41, 5.74) is 1.24. The summed E-state index contributed by atoms with van der Waals surface area (Å²) >= 11 is 1.37. The molecule has 3 aromatic rings. The van der Waals surface area contributed by atoms with E-state index in [1.165, 1.54) is 21.7 Å². The minimum atomic E-state index is -3.94. The molecule has 1 unspecified atom stereocenters. The Labute approximate surface area is 174 Å². The van der Waals surface area contributed by atoms with Crippen LogP contribution in [0.1, 0.15) is 30.8 Å². The Morgan fingerprint density at radius 1 is 1.24 bits per heavy atom. The lowest BCUT2D eigenvalue weighted by Crippen LogP contribution is -2.43. The van der Waals surface area contributed by atoms with Gasteiger partial charge in [0.05, 0.1) is 17.8 Å². The van der Waals surface area contributed by atoms with Crippen LogP contribution in [0.3, 0.4) is 0 Å². The maximum atomic E-state index is 13.5. The van der Waals surface area contributed by atoms with E-state index in [4.69, 9.17) is 0 Å². The predicted octanol–water partition coefficient (Wildman–Crippen LogP) is 3.74. The number of hydrogen-bond donors (Lipinski definition) is 1. The Kier molecular flexibility index (Phi) is 6.30. The molecule has 7 nitrogen and oxygen atoms in total. The summed E-state index contributed by atoms with van der Waals surface area (Å²) in [5, 5.41) is 3.92. The van der Waals surface area contributed by atoms with Crippen molar-refractivity contribution in [3.8, 4) is 0 Å². The van der Waals surface area contributed by atoms with Gasteiger partial charge in [0.2, 0.25) is 15.9 Å². The highest BCUT2D eigenvalue weighted by atomic mass is 32.2. The fourth-order valence-corrected chi connectivity index (χ4v) is 5.58. The van der Waals surface area contributed by atoms with E-state index < -0.39 is 15.9 Å². The molecule has 2 aromatic heterocycles. The van der Waals surface area contributed by atoms with Gasteiger partial charge < -0.3 is 5.32 Å². The largest absolute Gasteiger partial charge is 0.301 e. The summed E-state index contributed by atoms with van der Waals surface area (Å²) < 4.78 is 28.2. The molecule has 0 bridgehead atoms. The number of fused-ring (bicyclic) bond motifs is 1. The number of pyridine rings is 1. The molecule has 1 N–H and O–H groups in total. The Bertz CT molecular complexity index is 1120. The van der Waals surface area contributed by atoms with Crippen LogP contribution in [-0.2, 0) is 14.8 Å². The SMILES string of the molecule is CCC(C)N(CC(=O)Nc1nc(C)c(C)s1)S(=O)(=O)c1cccc2cccnc12. The number of rotatable bonds is 7. The molecule has 3 rings (SSSR count). The van der Waals surface area contributed by atoms with Gasteiger partial charge in [0.15, 0.2) is 5.13 Å². The third-order valence-corrected chi connectivity index (χ3v) is 7.82. The van der Waals surface area contributed by atoms with Crippen LogP contribution in [0, 0.1) is 13.8 Å². The highest BCUT2D eigenvalue weighted by Crippen LogP contribution is 2.26. The van der Waals surface area contributed by atoms with Crippen LogP contribution < -0.4 is 5.32 Å². The molecule has 1 amide bonds. The lowest BCUT2D eigenvalue weighted by Gasteiger charge is -2.27. The fraction of sp³-hybridized carbons (Fsp3) is 0.350. The number of carbonyl (C=O) groups is 1. The first-order valence-electron chi connectivity index (χ1n) is 9.33. The third-order valence-electron chi connectivity index (χ3n) is 4.84. The molecule has 0 saturated carbocycles. The number of sulfonamides is 1. The van der Waals surface area contributed by atoms with Gasteiger partial charge in [-0.1, -0.05) is 25.1 Å².